The van der Waals surface area contributed by atoms with E-state index in [-0.39, 0.29) is 16.9 Å². The summed E-state index contributed by atoms with van der Waals surface area (Å²) in [6, 6.07) is 4.79. The molecule has 4 N–H and O–H groups in total. The number of para-hydroxylation sites is 1. The van der Waals surface area contributed by atoms with Crippen molar-refractivity contribution in [3.05, 3.63) is 23.4 Å². The number of hydrogen-bond donors (Lipinski definition) is 3. The van der Waals surface area contributed by atoms with Crippen LogP contribution >= 0.6 is 0 Å². The third kappa shape index (κ3) is 1.17. The molecule has 68 valence electrons. The van der Waals surface area contributed by atoms with E-state index in [4.69, 9.17) is 10.9 Å². The molecule has 0 amide bonds. The Balaban J connectivity index is 2.75. The van der Waals surface area contributed by atoms with Gasteiger partial charge in [0.05, 0.1) is 11.2 Å². The summed E-state index contributed by atoms with van der Waals surface area (Å²) in [6.07, 6.45) is 0. The molecular weight excluding hydrogens is 172 g/mol. The Kier molecular flexibility index (Phi) is 1.57. The summed E-state index contributed by atoms with van der Waals surface area (Å²) >= 11 is 0. The van der Waals surface area contributed by atoms with Gasteiger partial charge in [-0.05, 0) is 12.1 Å². The maximum Gasteiger partial charge on any atom is 0.198 e. The van der Waals surface area contributed by atoms with Gasteiger partial charge in [0.1, 0.15) is 5.52 Å². The average molecular weight is 179 g/mol. The molecule has 2 rings (SSSR count). The molecule has 0 aliphatic carbocycles. The van der Waals surface area contributed by atoms with E-state index in [9.17, 15) is 5.21 Å². The van der Waals surface area contributed by atoms with Crippen LogP contribution in [0.1, 0.15) is 0 Å². The van der Waals surface area contributed by atoms with E-state index in [2.05, 4.69) is 9.97 Å². The van der Waals surface area contributed by atoms with Gasteiger partial charge in [-0.15, -0.1) is 0 Å². The summed E-state index contributed by atoms with van der Waals surface area (Å²) in [4.78, 5) is 6.60. The number of imidazole rings is 1. The van der Waals surface area contributed by atoms with Gasteiger partial charge in [0.2, 0.25) is 0 Å². The Morgan fingerprint density at radius 2 is 2.31 bits per heavy atom. The number of rotatable bonds is 1. The highest BCUT2D eigenvalue weighted by Crippen LogP contribution is 2.23. The van der Waals surface area contributed by atoms with Crippen LogP contribution in [0.15, 0.2) is 18.2 Å². The number of benzene rings is 1. The van der Waals surface area contributed by atoms with E-state index in [1.54, 1.807) is 12.1 Å². The molecule has 0 saturated heterocycles. The molecule has 6 nitrogen and oxygen atoms in total. The normalized spacial score (nSPS) is 10.6. The van der Waals surface area contributed by atoms with E-state index in [0.717, 1.165) is 0 Å². The highest BCUT2D eigenvalue weighted by Gasteiger charge is 2.04. The van der Waals surface area contributed by atoms with Crippen molar-refractivity contribution in [3.63, 3.8) is 0 Å². The summed E-state index contributed by atoms with van der Waals surface area (Å²) in [5.74, 6) is 0.212. The van der Waals surface area contributed by atoms with Crippen molar-refractivity contribution in [2.24, 2.45) is 0 Å². The Morgan fingerprint density at radius 1 is 1.54 bits per heavy atom. The fourth-order valence-corrected chi connectivity index (χ4v) is 1.19. The zero-order valence-electron chi connectivity index (χ0n) is 6.56. The first kappa shape index (κ1) is 7.84. The van der Waals surface area contributed by atoms with Gasteiger partial charge in [0.15, 0.2) is 5.95 Å². The summed E-state index contributed by atoms with van der Waals surface area (Å²) in [7, 11) is 0. The number of fused-ring (bicyclic) bond motifs is 1. The molecule has 1 aromatic carbocycles. The van der Waals surface area contributed by atoms with Crippen LogP contribution in [-0.4, -0.2) is 15.2 Å². The molecule has 0 saturated carbocycles. The molecule has 0 atom stereocenters. The van der Waals surface area contributed by atoms with Gasteiger partial charge >= 0.3 is 0 Å². The summed E-state index contributed by atoms with van der Waals surface area (Å²) < 4.78 is 0. The molecule has 1 aromatic heterocycles. The van der Waals surface area contributed by atoms with Crippen molar-refractivity contribution in [2.75, 3.05) is 11.0 Å². The second-order valence-electron chi connectivity index (χ2n) is 2.57. The topological polar surface area (TPSA) is 101 Å². The summed E-state index contributed by atoms with van der Waals surface area (Å²) in [5.41, 5.74) is 6.44. The van der Waals surface area contributed by atoms with Gasteiger partial charge in [-0.2, -0.15) is 0 Å². The number of hydrogen-bond acceptors (Lipinski definition) is 5. The molecule has 0 aliphatic heterocycles. The number of aromatic amines is 1. The fraction of sp³-hybridized carbons (Fsp3) is 0. The van der Waals surface area contributed by atoms with Crippen LogP contribution in [0.4, 0.5) is 11.6 Å². The molecule has 0 unspecified atom stereocenters. The Bertz CT molecular complexity index is 437. The molecule has 6 heteroatoms. The minimum atomic E-state index is -0.234. The maximum atomic E-state index is 10.6. The zero-order chi connectivity index (χ0) is 9.42. The standard InChI is InChI=1S/C7H7N4O2/c8-7-9-4-2-1-3-5(11(12)13)6(4)10-7/h1-3,12H,(H3,8,9,10)/q-1. The highest BCUT2D eigenvalue weighted by molar-refractivity contribution is 5.89. The van der Waals surface area contributed by atoms with E-state index >= 15 is 0 Å². The number of nitrogens with one attached hydrogen (secondary N) is 1. The molecule has 0 spiro atoms. The van der Waals surface area contributed by atoms with Crippen LogP contribution in [-0.2, 0) is 0 Å². The second kappa shape index (κ2) is 2.61. The van der Waals surface area contributed by atoms with Crippen molar-refractivity contribution in [2.45, 2.75) is 0 Å². The van der Waals surface area contributed by atoms with Gasteiger partial charge in [-0.1, -0.05) is 6.07 Å². The monoisotopic (exact) mass is 179 g/mol. The van der Waals surface area contributed by atoms with Crippen LogP contribution < -0.4 is 11.0 Å². The van der Waals surface area contributed by atoms with Crippen molar-refractivity contribution in [1.82, 2.24) is 9.97 Å². The minimum absolute atomic E-state index is 0.0745. The lowest BCUT2D eigenvalue weighted by Crippen LogP contribution is -2.07. The maximum absolute atomic E-state index is 10.6. The first-order valence-electron chi connectivity index (χ1n) is 3.59. The smallest absolute Gasteiger partial charge is 0.198 e. The molecule has 0 fully saturated rings. The van der Waals surface area contributed by atoms with E-state index in [1.165, 1.54) is 6.07 Å². The predicted molar refractivity (Wildman–Crippen MR) is 48.1 cm³/mol. The number of nitrogens with zero attached hydrogens (tertiary/aromatic N) is 2. The van der Waals surface area contributed by atoms with Gasteiger partial charge in [0, 0.05) is 0 Å². The van der Waals surface area contributed by atoms with Crippen LogP contribution in [0.5, 0.6) is 0 Å². The molecule has 13 heavy (non-hydrogen) atoms. The summed E-state index contributed by atoms with van der Waals surface area (Å²) in [6.45, 7) is 0. The summed E-state index contributed by atoms with van der Waals surface area (Å²) in [5, 5.41) is 19.1. The largest absolute Gasteiger partial charge is 0.733 e. The minimum Gasteiger partial charge on any atom is -0.733 e. The highest BCUT2D eigenvalue weighted by atomic mass is 16.8. The van der Waals surface area contributed by atoms with Crippen LogP contribution in [0.25, 0.3) is 11.0 Å². The van der Waals surface area contributed by atoms with Crippen molar-refractivity contribution >= 4 is 22.7 Å². The van der Waals surface area contributed by atoms with Gasteiger partial charge in [-0.3, -0.25) is 5.21 Å². The van der Waals surface area contributed by atoms with Gasteiger partial charge in [0.25, 0.3) is 0 Å². The SMILES string of the molecule is Nc1nc2c(N([O-])O)cccc2[nH]1. The Labute approximate surface area is 73.1 Å². The van der Waals surface area contributed by atoms with E-state index in [0.29, 0.717) is 11.0 Å². The number of anilines is 2. The molecule has 0 aliphatic rings. The van der Waals surface area contributed by atoms with Crippen molar-refractivity contribution in [3.8, 4) is 0 Å². The first-order chi connectivity index (χ1) is 6.18. The van der Waals surface area contributed by atoms with Crippen LogP contribution in [0.2, 0.25) is 0 Å². The molecule has 1 heterocycles. The molecular formula is C7H7N4O2-. The number of aromatic nitrogens is 2. The quantitative estimate of drug-likeness (QED) is 0.563. The Morgan fingerprint density at radius 3 is 3.00 bits per heavy atom. The third-order valence-corrected chi connectivity index (χ3v) is 1.72. The number of nitrogen functional groups attached to an aromatic ring is 1. The van der Waals surface area contributed by atoms with Crippen molar-refractivity contribution < 1.29 is 5.21 Å². The van der Waals surface area contributed by atoms with Crippen molar-refractivity contribution in [1.29, 1.82) is 0 Å². The second-order valence-corrected chi connectivity index (χ2v) is 2.57. The van der Waals surface area contributed by atoms with E-state index < -0.39 is 0 Å². The lowest BCUT2D eigenvalue weighted by molar-refractivity contribution is 0.297. The van der Waals surface area contributed by atoms with Crippen LogP contribution in [0, 0.1) is 5.21 Å². The average Bonchev–Trinajstić information content (AvgIpc) is 2.43. The molecule has 0 bridgehead atoms. The molecule has 0 radical (unpaired) electrons. The molecule has 2 aromatic rings. The predicted octanol–water partition coefficient (Wildman–Crippen LogP) is 0.839. The first-order valence-corrected chi connectivity index (χ1v) is 3.59. The van der Waals surface area contributed by atoms with E-state index in [1.807, 2.05) is 0 Å². The number of H-pyrrole nitrogens is 1. The van der Waals surface area contributed by atoms with Gasteiger partial charge in [-0.25, -0.2) is 4.98 Å². The van der Waals surface area contributed by atoms with Gasteiger partial charge < -0.3 is 21.2 Å². The third-order valence-electron chi connectivity index (χ3n) is 1.72. The van der Waals surface area contributed by atoms with Crippen LogP contribution in [0.3, 0.4) is 0 Å². The number of nitrogens with two attached hydrogens (primary N) is 1. The Hall–Kier alpha value is -1.79. The fourth-order valence-electron chi connectivity index (χ4n) is 1.19. The lowest BCUT2D eigenvalue weighted by atomic mass is 10.3. The lowest BCUT2D eigenvalue weighted by Gasteiger charge is -2.21. The zero-order valence-corrected chi connectivity index (χ0v) is 6.56.